The van der Waals surface area contributed by atoms with Gasteiger partial charge in [-0.2, -0.15) is 0 Å². The molecule has 0 atom stereocenters. The summed E-state index contributed by atoms with van der Waals surface area (Å²) in [4.78, 5) is 11.9. The van der Waals surface area contributed by atoms with Gasteiger partial charge in [-0.1, -0.05) is 36.4 Å². The van der Waals surface area contributed by atoms with Crippen LogP contribution in [0.5, 0.6) is 0 Å². The first kappa shape index (κ1) is 14.1. The highest BCUT2D eigenvalue weighted by molar-refractivity contribution is 5.89. The highest BCUT2D eigenvalue weighted by Gasteiger charge is 2.20. The van der Waals surface area contributed by atoms with Crippen LogP contribution < -0.4 is 5.32 Å². The van der Waals surface area contributed by atoms with E-state index in [9.17, 15) is 4.79 Å². The minimum Gasteiger partial charge on any atom is -0.460 e. The molecule has 20 heavy (non-hydrogen) atoms. The molecule has 0 heterocycles. The molecular weight excluding hydrogens is 250 g/mol. The molecule has 0 fully saturated rings. The molecule has 0 aromatic heterocycles. The quantitative estimate of drug-likeness (QED) is 0.840. The molecule has 3 heteroatoms. The Morgan fingerprint density at radius 1 is 1.00 bits per heavy atom. The third-order valence-corrected chi connectivity index (χ3v) is 2.83. The molecule has 0 aliphatic rings. The van der Waals surface area contributed by atoms with Crippen molar-refractivity contribution < 1.29 is 9.53 Å². The summed E-state index contributed by atoms with van der Waals surface area (Å²) in [7, 11) is 0. The van der Waals surface area contributed by atoms with Crippen LogP contribution in [-0.4, -0.2) is 18.1 Å². The lowest BCUT2D eigenvalue weighted by Crippen LogP contribution is -2.37. The maximum atomic E-state index is 11.9. The van der Waals surface area contributed by atoms with Gasteiger partial charge in [-0.05, 0) is 38.1 Å². The van der Waals surface area contributed by atoms with Crippen LogP contribution in [0.1, 0.15) is 24.2 Å². The first-order chi connectivity index (χ1) is 9.57. The SMILES string of the molecule is CC(C)(COC(=O)c1ccccc1)Nc1ccccc1. The van der Waals surface area contributed by atoms with E-state index in [0.29, 0.717) is 12.2 Å². The fourth-order valence-corrected chi connectivity index (χ4v) is 1.85. The molecular formula is C17H19NO2. The molecule has 0 aliphatic carbocycles. The lowest BCUT2D eigenvalue weighted by atomic mass is 10.1. The van der Waals surface area contributed by atoms with Crippen LogP contribution in [0.4, 0.5) is 5.69 Å². The number of esters is 1. The van der Waals surface area contributed by atoms with Crippen molar-refractivity contribution in [2.45, 2.75) is 19.4 Å². The Labute approximate surface area is 119 Å². The molecule has 0 saturated carbocycles. The highest BCUT2D eigenvalue weighted by Crippen LogP contribution is 2.15. The van der Waals surface area contributed by atoms with E-state index in [4.69, 9.17) is 4.74 Å². The van der Waals surface area contributed by atoms with Crippen LogP contribution in [0.25, 0.3) is 0 Å². The predicted octanol–water partition coefficient (Wildman–Crippen LogP) is 3.73. The van der Waals surface area contributed by atoms with E-state index >= 15 is 0 Å². The van der Waals surface area contributed by atoms with Crippen LogP contribution in [-0.2, 0) is 4.74 Å². The topological polar surface area (TPSA) is 38.3 Å². The van der Waals surface area contributed by atoms with Crippen molar-refractivity contribution in [3.63, 3.8) is 0 Å². The molecule has 0 aliphatic heterocycles. The number of carbonyl (C=O) groups excluding carboxylic acids is 1. The number of carbonyl (C=O) groups is 1. The van der Waals surface area contributed by atoms with Gasteiger partial charge < -0.3 is 10.1 Å². The maximum absolute atomic E-state index is 11.9. The molecule has 2 rings (SSSR count). The minimum absolute atomic E-state index is 0.298. The van der Waals surface area contributed by atoms with Gasteiger partial charge in [0.15, 0.2) is 0 Å². The lowest BCUT2D eigenvalue weighted by molar-refractivity contribution is 0.0447. The number of para-hydroxylation sites is 1. The number of rotatable bonds is 5. The Hall–Kier alpha value is -2.29. The normalized spacial score (nSPS) is 10.9. The van der Waals surface area contributed by atoms with Crippen molar-refractivity contribution in [2.24, 2.45) is 0 Å². The van der Waals surface area contributed by atoms with Gasteiger partial charge >= 0.3 is 5.97 Å². The molecule has 104 valence electrons. The summed E-state index contributed by atoms with van der Waals surface area (Å²) in [5.41, 5.74) is 1.25. The predicted molar refractivity (Wildman–Crippen MR) is 80.9 cm³/mol. The minimum atomic E-state index is -0.328. The first-order valence-corrected chi connectivity index (χ1v) is 6.62. The van der Waals surface area contributed by atoms with Gasteiger partial charge in [-0.3, -0.25) is 0 Å². The Bertz CT molecular complexity index is 550. The van der Waals surface area contributed by atoms with Crippen molar-refractivity contribution in [3.8, 4) is 0 Å². The second-order valence-electron chi connectivity index (χ2n) is 5.32. The van der Waals surface area contributed by atoms with Crippen LogP contribution in [0, 0.1) is 0 Å². The number of hydrogen-bond acceptors (Lipinski definition) is 3. The summed E-state index contributed by atoms with van der Waals surface area (Å²) in [6.07, 6.45) is 0. The van der Waals surface area contributed by atoms with Crippen molar-refractivity contribution >= 4 is 11.7 Å². The Kier molecular flexibility index (Phi) is 4.41. The maximum Gasteiger partial charge on any atom is 0.338 e. The standard InChI is InChI=1S/C17H19NO2/c1-17(2,18-15-11-7-4-8-12-15)13-20-16(19)14-9-5-3-6-10-14/h3-12,18H,13H2,1-2H3. The van der Waals surface area contributed by atoms with Crippen molar-refractivity contribution in [1.82, 2.24) is 0 Å². The van der Waals surface area contributed by atoms with Crippen LogP contribution in [0.3, 0.4) is 0 Å². The summed E-state index contributed by atoms with van der Waals surface area (Å²) < 4.78 is 5.36. The van der Waals surface area contributed by atoms with E-state index in [0.717, 1.165) is 5.69 Å². The molecule has 1 N–H and O–H groups in total. The molecule has 0 spiro atoms. The van der Waals surface area contributed by atoms with E-state index in [2.05, 4.69) is 5.32 Å². The van der Waals surface area contributed by atoms with Gasteiger partial charge in [-0.15, -0.1) is 0 Å². The fourth-order valence-electron chi connectivity index (χ4n) is 1.85. The zero-order valence-corrected chi connectivity index (χ0v) is 11.8. The molecule has 0 saturated heterocycles. The van der Waals surface area contributed by atoms with Gasteiger partial charge in [0.25, 0.3) is 0 Å². The Morgan fingerprint density at radius 2 is 1.55 bits per heavy atom. The zero-order valence-electron chi connectivity index (χ0n) is 11.8. The Morgan fingerprint density at radius 3 is 2.15 bits per heavy atom. The number of benzene rings is 2. The van der Waals surface area contributed by atoms with E-state index < -0.39 is 0 Å². The first-order valence-electron chi connectivity index (χ1n) is 6.62. The second-order valence-corrected chi connectivity index (χ2v) is 5.32. The average Bonchev–Trinajstić information content (AvgIpc) is 2.46. The molecule has 2 aromatic rings. The molecule has 0 amide bonds. The largest absolute Gasteiger partial charge is 0.460 e. The van der Waals surface area contributed by atoms with Crippen LogP contribution in [0.15, 0.2) is 60.7 Å². The molecule has 2 aromatic carbocycles. The van der Waals surface area contributed by atoms with Crippen molar-refractivity contribution in [3.05, 3.63) is 66.2 Å². The third-order valence-electron chi connectivity index (χ3n) is 2.83. The summed E-state index contributed by atoms with van der Waals surface area (Å²) in [6.45, 7) is 4.30. The number of anilines is 1. The van der Waals surface area contributed by atoms with Crippen LogP contribution >= 0.6 is 0 Å². The van der Waals surface area contributed by atoms with E-state index in [-0.39, 0.29) is 11.5 Å². The van der Waals surface area contributed by atoms with E-state index in [1.165, 1.54) is 0 Å². The number of nitrogens with one attached hydrogen (secondary N) is 1. The second kappa shape index (κ2) is 6.24. The van der Waals surface area contributed by atoms with Crippen molar-refractivity contribution in [2.75, 3.05) is 11.9 Å². The number of ether oxygens (including phenoxy) is 1. The number of hydrogen-bond donors (Lipinski definition) is 1. The van der Waals surface area contributed by atoms with Gasteiger partial charge in [0.05, 0.1) is 11.1 Å². The highest BCUT2D eigenvalue weighted by atomic mass is 16.5. The van der Waals surface area contributed by atoms with Crippen molar-refractivity contribution in [1.29, 1.82) is 0 Å². The zero-order chi connectivity index (χ0) is 14.4. The van der Waals surface area contributed by atoms with Gasteiger partial charge in [0.2, 0.25) is 0 Å². The lowest BCUT2D eigenvalue weighted by Gasteiger charge is -2.27. The molecule has 0 radical (unpaired) electrons. The van der Waals surface area contributed by atoms with Crippen LogP contribution in [0.2, 0.25) is 0 Å². The fraction of sp³-hybridized carbons (Fsp3) is 0.235. The third kappa shape index (κ3) is 4.12. The summed E-state index contributed by atoms with van der Waals surface area (Å²) in [5.74, 6) is -0.298. The van der Waals surface area contributed by atoms with E-state index in [1.54, 1.807) is 12.1 Å². The summed E-state index contributed by atoms with van der Waals surface area (Å²) in [5, 5.41) is 3.35. The molecule has 0 bridgehead atoms. The smallest absolute Gasteiger partial charge is 0.338 e. The molecule has 3 nitrogen and oxygen atoms in total. The summed E-state index contributed by atoms with van der Waals surface area (Å²) in [6, 6.07) is 18.9. The Balaban J connectivity index is 1.91. The average molecular weight is 269 g/mol. The molecule has 0 unspecified atom stereocenters. The monoisotopic (exact) mass is 269 g/mol. The summed E-state index contributed by atoms with van der Waals surface area (Å²) >= 11 is 0. The van der Waals surface area contributed by atoms with Gasteiger partial charge in [-0.25, -0.2) is 4.79 Å². The van der Waals surface area contributed by atoms with E-state index in [1.807, 2.05) is 62.4 Å². The van der Waals surface area contributed by atoms with Gasteiger partial charge in [0.1, 0.15) is 6.61 Å². The van der Waals surface area contributed by atoms with Gasteiger partial charge in [0, 0.05) is 5.69 Å².